The molecule has 18 heteroatoms. The Morgan fingerprint density at radius 1 is 0.903 bits per heavy atom. The molecule has 2 aromatic heterocycles. The van der Waals surface area contributed by atoms with E-state index in [-0.39, 0.29) is 11.4 Å². The lowest BCUT2D eigenvalue weighted by molar-refractivity contribution is 0.510. The molecule has 0 radical (unpaired) electrons. The summed E-state index contributed by atoms with van der Waals surface area (Å²) in [5, 5.41) is 6.67. The third kappa shape index (κ3) is 4.48. The Balaban J connectivity index is 2.72. The molecule has 0 saturated carbocycles. The van der Waals surface area contributed by atoms with Gasteiger partial charge in [-0.1, -0.05) is 6.92 Å². The second kappa shape index (κ2) is 8.93. The number of nitrogens with zero attached hydrogens (tertiary/aromatic N) is 12. The fourth-order valence-electron chi connectivity index (χ4n) is 2.55. The number of azide groups is 2. The van der Waals surface area contributed by atoms with Gasteiger partial charge in [0.05, 0.1) is 11.4 Å². The molecule has 31 heavy (non-hydrogen) atoms. The first-order valence-electron chi connectivity index (χ1n) is 8.56. The zero-order valence-corrected chi connectivity index (χ0v) is 18.9. The van der Waals surface area contributed by atoms with E-state index in [1.165, 1.54) is 40.6 Å². The van der Waals surface area contributed by atoms with Crippen LogP contribution in [0.4, 0.5) is 11.9 Å². The lowest BCUT2D eigenvalue weighted by Gasteiger charge is -2.13. The van der Waals surface area contributed by atoms with Crippen LogP contribution in [0.5, 0.6) is 0 Å². The second-order valence-electron chi connectivity index (χ2n) is 6.44. The monoisotopic (exact) mass is 472 g/mol. The van der Waals surface area contributed by atoms with Crippen LogP contribution >= 0.6 is 0 Å². The molecular weight excluding hydrogens is 452 g/mol. The van der Waals surface area contributed by atoms with Gasteiger partial charge < -0.3 is 0 Å². The van der Waals surface area contributed by atoms with Gasteiger partial charge in [-0.15, -0.1) is 0 Å². The maximum Gasteiger partial charge on any atom is 0.308 e. The number of aromatic nitrogens is 4. The molecule has 2 rings (SSSR count). The first-order valence-corrected chi connectivity index (χ1v) is 11.4. The Morgan fingerprint density at radius 3 is 1.52 bits per heavy atom. The van der Waals surface area contributed by atoms with Gasteiger partial charge in [-0.05, 0) is 27.7 Å². The zero-order valence-electron chi connectivity index (χ0n) is 17.3. The molecule has 0 bridgehead atoms. The fourth-order valence-corrected chi connectivity index (χ4v) is 4.31. The third-order valence-electron chi connectivity index (χ3n) is 4.16. The predicted octanol–water partition coefficient (Wildman–Crippen LogP) is 1.81. The summed E-state index contributed by atoms with van der Waals surface area (Å²) in [7, 11) is -2.91. The molecule has 0 aliphatic carbocycles. The first kappa shape index (κ1) is 24.1. The normalized spacial score (nSPS) is 13.1. The molecule has 0 fully saturated rings. The highest BCUT2D eigenvalue weighted by Crippen LogP contribution is 2.32. The molecule has 168 valence electrons. The van der Waals surface area contributed by atoms with Crippen molar-refractivity contribution in [1.29, 1.82) is 0 Å². The summed E-state index contributed by atoms with van der Waals surface area (Å²) in [4.78, 5) is 13.4. The van der Waals surface area contributed by atoms with Crippen LogP contribution in [0.1, 0.15) is 30.7 Å². The van der Waals surface area contributed by atoms with Gasteiger partial charge in [0.25, 0.3) is 0 Å². The largest absolute Gasteiger partial charge is 0.308 e. The van der Waals surface area contributed by atoms with Gasteiger partial charge in [0.1, 0.15) is 0 Å². The van der Waals surface area contributed by atoms with Crippen molar-refractivity contribution in [3.05, 3.63) is 44.7 Å². The highest BCUT2D eigenvalue weighted by Gasteiger charge is 2.28. The van der Waals surface area contributed by atoms with Crippen molar-refractivity contribution in [3.8, 4) is 0 Å². The number of hydrogen-bond donors (Lipinski definition) is 0. The molecule has 16 nitrogen and oxygen atoms in total. The molecule has 0 amide bonds. The van der Waals surface area contributed by atoms with Crippen LogP contribution in [-0.2, 0) is 20.4 Å². The van der Waals surface area contributed by atoms with Crippen molar-refractivity contribution in [2.75, 3.05) is 28.2 Å². The third-order valence-corrected chi connectivity index (χ3v) is 7.54. The van der Waals surface area contributed by atoms with Crippen molar-refractivity contribution >= 4 is 32.3 Å². The van der Waals surface area contributed by atoms with Gasteiger partial charge in [-0.2, -0.15) is 25.4 Å². The van der Waals surface area contributed by atoms with E-state index in [0.717, 1.165) is 8.61 Å². The van der Waals surface area contributed by atoms with Gasteiger partial charge in [-0.25, -0.2) is 17.9 Å². The molecule has 0 spiro atoms. The molecule has 0 aliphatic heterocycles. The van der Waals surface area contributed by atoms with E-state index in [0.29, 0.717) is 14.4 Å². The average molecular weight is 473 g/mol. The van der Waals surface area contributed by atoms with Gasteiger partial charge in [-0.3, -0.25) is 0 Å². The lowest BCUT2D eigenvalue weighted by atomic mass is 10.00. The molecule has 2 heterocycles. The van der Waals surface area contributed by atoms with Crippen LogP contribution in [0, 0.1) is 0 Å². The van der Waals surface area contributed by atoms with E-state index >= 15 is 0 Å². The smallest absolute Gasteiger partial charge is 0.230 e. The van der Waals surface area contributed by atoms with Crippen LogP contribution in [0.2, 0.25) is 0 Å². The summed E-state index contributed by atoms with van der Waals surface area (Å²) in [5.74, 6) is -1.53. The minimum atomic E-state index is -4.05. The fraction of sp³-hybridized carbons (Fsp3) is 0.538. The van der Waals surface area contributed by atoms with Crippen LogP contribution in [-0.4, -0.2) is 71.5 Å². The standard InChI is InChI=1S/C13H20N12O4S2/c1-6-9(10-7-24(12(16-10)18-20-14)30(26,27)22(2)3)11-8-25(13(17-11)19-21-15)31(28,29)23(4)5/h7-9H,6H2,1-5H3. The summed E-state index contributed by atoms with van der Waals surface area (Å²) in [6.45, 7) is 1.74. The maximum atomic E-state index is 12.5. The first-order chi connectivity index (χ1) is 14.4. The van der Waals surface area contributed by atoms with Crippen molar-refractivity contribution in [3.63, 3.8) is 0 Å². The summed E-state index contributed by atoms with van der Waals surface area (Å²) >= 11 is 0. The Hall–Kier alpha value is -3.14. The van der Waals surface area contributed by atoms with Crippen LogP contribution in [0.25, 0.3) is 20.9 Å². The molecule has 0 N–H and O–H groups in total. The van der Waals surface area contributed by atoms with E-state index in [4.69, 9.17) is 11.1 Å². The Labute approximate surface area is 178 Å². The SMILES string of the molecule is CCC(c1cn(S(=O)(=O)N(C)C)c(N=[N+]=[N-])n1)c1cn(S(=O)(=O)N(C)C)c(N=[N+]=[N-])n1. The molecule has 2 aromatic rings. The molecule has 0 unspecified atom stereocenters. The van der Waals surface area contributed by atoms with Crippen molar-refractivity contribution in [2.24, 2.45) is 10.2 Å². The Kier molecular flexibility index (Phi) is 6.95. The highest BCUT2D eigenvalue weighted by molar-refractivity contribution is 7.87. The van der Waals surface area contributed by atoms with E-state index < -0.39 is 38.2 Å². The topological polar surface area (TPSA) is 208 Å². The predicted molar refractivity (Wildman–Crippen MR) is 110 cm³/mol. The number of rotatable bonds is 9. The van der Waals surface area contributed by atoms with Crippen molar-refractivity contribution in [2.45, 2.75) is 19.3 Å². The second-order valence-corrected chi connectivity index (χ2v) is 10.5. The molecule has 0 saturated heterocycles. The summed E-state index contributed by atoms with van der Waals surface area (Å²) < 4.78 is 53.4. The molecule has 0 atom stereocenters. The minimum Gasteiger partial charge on any atom is -0.230 e. The van der Waals surface area contributed by atoms with Crippen molar-refractivity contribution in [1.82, 2.24) is 26.5 Å². The van der Waals surface area contributed by atoms with E-state index in [1.54, 1.807) is 6.92 Å². The van der Waals surface area contributed by atoms with E-state index in [2.05, 4.69) is 30.0 Å². The average Bonchev–Trinajstić information content (AvgIpc) is 3.28. The molecule has 0 aromatic carbocycles. The number of imidazole rings is 2. The van der Waals surface area contributed by atoms with Crippen LogP contribution in [0.3, 0.4) is 0 Å². The van der Waals surface area contributed by atoms with Gasteiger partial charge in [0, 0.05) is 56.3 Å². The van der Waals surface area contributed by atoms with Crippen LogP contribution < -0.4 is 0 Å². The lowest BCUT2D eigenvalue weighted by Crippen LogP contribution is -2.28. The minimum absolute atomic E-state index is 0.162. The van der Waals surface area contributed by atoms with E-state index in [1.807, 2.05) is 0 Å². The van der Waals surface area contributed by atoms with Crippen molar-refractivity contribution < 1.29 is 16.8 Å². The van der Waals surface area contributed by atoms with Crippen LogP contribution in [0.15, 0.2) is 22.6 Å². The molecule has 0 aliphatic rings. The van der Waals surface area contributed by atoms with E-state index in [9.17, 15) is 16.8 Å². The van der Waals surface area contributed by atoms with Gasteiger partial charge >= 0.3 is 20.4 Å². The molecular formula is C13H20N12O4S2. The maximum absolute atomic E-state index is 12.5. The Bertz CT molecular complexity index is 1180. The van der Waals surface area contributed by atoms with Gasteiger partial charge in [0.15, 0.2) is 0 Å². The Morgan fingerprint density at radius 2 is 1.26 bits per heavy atom. The quantitative estimate of drug-likeness (QED) is 0.301. The summed E-state index contributed by atoms with van der Waals surface area (Å²) in [5.41, 5.74) is 17.9. The van der Waals surface area contributed by atoms with Gasteiger partial charge in [0.2, 0.25) is 11.9 Å². The summed E-state index contributed by atoms with van der Waals surface area (Å²) in [6.07, 6.45) is 2.66. The highest BCUT2D eigenvalue weighted by atomic mass is 32.2. The zero-order chi connectivity index (χ0) is 23.6. The number of hydrogen-bond acceptors (Lipinski definition) is 8. The summed E-state index contributed by atoms with van der Waals surface area (Å²) in [6, 6.07) is 0.